The monoisotopic (exact) mass is 249 g/mol. The minimum Gasteiger partial charge on any atom is -0.478 e. The van der Waals surface area contributed by atoms with Crippen molar-refractivity contribution < 1.29 is 9.90 Å². The van der Waals surface area contributed by atoms with Gasteiger partial charge in [0.05, 0.1) is 16.9 Å². The van der Waals surface area contributed by atoms with Crippen molar-refractivity contribution in [1.29, 1.82) is 0 Å². The van der Waals surface area contributed by atoms with E-state index in [1.165, 1.54) is 0 Å². The van der Waals surface area contributed by atoms with Gasteiger partial charge in [0.25, 0.3) is 0 Å². The number of carboxylic acids is 1. The summed E-state index contributed by atoms with van der Waals surface area (Å²) in [6.07, 6.45) is 0.900. The Bertz CT molecular complexity index is 462. The van der Waals surface area contributed by atoms with Gasteiger partial charge in [-0.25, -0.2) is 4.79 Å². The molecule has 1 aliphatic rings. The number of likely N-dealkylation sites (N-methyl/N-ethyl adjacent to an activating group) is 2. The summed E-state index contributed by atoms with van der Waals surface area (Å²) in [5, 5.41) is 9.06. The predicted molar refractivity (Wildman–Crippen MR) is 72.5 cm³/mol. The smallest absolute Gasteiger partial charge is 0.335 e. The third-order valence-electron chi connectivity index (χ3n) is 3.55. The van der Waals surface area contributed by atoms with E-state index in [1.54, 1.807) is 12.1 Å². The fourth-order valence-corrected chi connectivity index (χ4v) is 2.47. The zero-order valence-corrected chi connectivity index (χ0v) is 10.8. The third-order valence-corrected chi connectivity index (χ3v) is 3.55. The standard InChI is InChI=1S/C13H19N3O2/c1-15-8-10(5-6-14)16(2)12-7-9(13(17)18)3-4-11(12)15/h3-4,7,10H,5-6,8,14H2,1-2H3,(H,17,18). The van der Waals surface area contributed by atoms with E-state index in [2.05, 4.69) is 9.80 Å². The summed E-state index contributed by atoms with van der Waals surface area (Å²) in [6, 6.07) is 5.58. The average molecular weight is 249 g/mol. The molecule has 3 N–H and O–H groups in total. The van der Waals surface area contributed by atoms with Gasteiger partial charge < -0.3 is 20.6 Å². The van der Waals surface area contributed by atoms with Crippen LogP contribution in [0.15, 0.2) is 18.2 Å². The van der Waals surface area contributed by atoms with Gasteiger partial charge in [0, 0.05) is 26.7 Å². The molecule has 1 atom stereocenters. The largest absolute Gasteiger partial charge is 0.478 e. The SMILES string of the molecule is CN1CC(CCN)N(C)c2cc(C(=O)O)ccc21. The number of carboxylic acid groups (broad SMARTS) is 1. The van der Waals surface area contributed by atoms with Crippen LogP contribution in [0.2, 0.25) is 0 Å². The molecule has 0 amide bonds. The van der Waals surface area contributed by atoms with Crippen molar-refractivity contribution in [2.45, 2.75) is 12.5 Å². The van der Waals surface area contributed by atoms with Crippen molar-refractivity contribution in [3.05, 3.63) is 23.8 Å². The van der Waals surface area contributed by atoms with Gasteiger partial charge in [0.2, 0.25) is 0 Å². The van der Waals surface area contributed by atoms with E-state index in [0.717, 1.165) is 24.3 Å². The number of anilines is 2. The minimum atomic E-state index is -0.894. The van der Waals surface area contributed by atoms with Crippen LogP contribution in [0.25, 0.3) is 0 Å². The fourth-order valence-electron chi connectivity index (χ4n) is 2.47. The Morgan fingerprint density at radius 1 is 1.44 bits per heavy atom. The molecule has 18 heavy (non-hydrogen) atoms. The van der Waals surface area contributed by atoms with Gasteiger partial charge >= 0.3 is 5.97 Å². The lowest BCUT2D eigenvalue weighted by Crippen LogP contribution is -2.46. The molecule has 5 nitrogen and oxygen atoms in total. The molecule has 0 radical (unpaired) electrons. The topological polar surface area (TPSA) is 69.8 Å². The summed E-state index contributed by atoms with van der Waals surface area (Å²) in [5.74, 6) is -0.894. The summed E-state index contributed by atoms with van der Waals surface area (Å²) in [6.45, 7) is 1.55. The highest BCUT2D eigenvalue weighted by Crippen LogP contribution is 2.35. The van der Waals surface area contributed by atoms with Gasteiger partial charge in [-0.3, -0.25) is 0 Å². The lowest BCUT2D eigenvalue weighted by molar-refractivity contribution is 0.0697. The Morgan fingerprint density at radius 3 is 2.78 bits per heavy atom. The molecule has 2 rings (SSSR count). The zero-order valence-electron chi connectivity index (χ0n) is 10.8. The quantitative estimate of drug-likeness (QED) is 0.836. The molecule has 5 heteroatoms. The second kappa shape index (κ2) is 4.86. The number of carbonyl (C=O) groups is 1. The summed E-state index contributed by atoms with van der Waals surface area (Å²) in [4.78, 5) is 15.3. The van der Waals surface area contributed by atoms with Gasteiger partial charge in [-0.2, -0.15) is 0 Å². The number of hydrogen-bond donors (Lipinski definition) is 2. The summed E-state index contributed by atoms with van der Waals surface area (Å²) >= 11 is 0. The van der Waals surface area contributed by atoms with E-state index in [-0.39, 0.29) is 0 Å². The Balaban J connectivity index is 2.40. The van der Waals surface area contributed by atoms with Crippen LogP contribution in [0.5, 0.6) is 0 Å². The van der Waals surface area contributed by atoms with E-state index >= 15 is 0 Å². The molecule has 1 unspecified atom stereocenters. The predicted octanol–water partition coefficient (Wildman–Crippen LogP) is 0.988. The first kappa shape index (κ1) is 12.7. The number of rotatable bonds is 3. The first-order valence-electron chi connectivity index (χ1n) is 6.06. The molecule has 0 aromatic heterocycles. The fraction of sp³-hybridized carbons (Fsp3) is 0.462. The number of nitrogens with two attached hydrogens (primary N) is 1. The second-order valence-corrected chi connectivity index (χ2v) is 4.73. The van der Waals surface area contributed by atoms with Gasteiger partial charge in [0.1, 0.15) is 0 Å². The number of aromatic carboxylic acids is 1. The van der Waals surface area contributed by atoms with Crippen molar-refractivity contribution in [3.63, 3.8) is 0 Å². The molecular formula is C13H19N3O2. The second-order valence-electron chi connectivity index (χ2n) is 4.73. The van der Waals surface area contributed by atoms with Crippen molar-refractivity contribution in [2.75, 3.05) is 37.0 Å². The molecule has 0 bridgehead atoms. The van der Waals surface area contributed by atoms with E-state index < -0.39 is 5.97 Å². The molecular weight excluding hydrogens is 230 g/mol. The zero-order chi connectivity index (χ0) is 13.3. The number of nitrogens with zero attached hydrogens (tertiary/aromatic N) is 2. The first-order valence-corrected chi connectivity index (χ1v) is 6.06. The van der Waals surface area contributed by atoms with E-state index in [4.69, 9.17) is 10.8 Å². The molecule has 1 aliphatic heterocycles. The average Bonchev–Trinajstić information content (AvgIpc) is 2.35. The number of fused-ring (bicyclic) bond motifs is 1. The Hall–Kier alpha value is -1.75. The molecule has 1 aromatic rings. The lowest BCUT2D eigenvalue weighted by Gasteiger charge is -2.41. The Labute approximate surface area is 107 Å². The van der Waals surface area contributed by atoms with Gasteiger partial charge in [-0.1, -0.05) is 0 Å². The van der Waals surface area contributed by atoms with Crippen LogP contribution >= 0.6 is 0 Å². The van der Waals surface area contributed by atoms with Gasteiger partial charge in [-0.15, -0.1) is 0 Å². The molecule has 0 fully saturated rings. The summed E-state index contributed by atoms with van der Waals surface area (Å²) in [7, 11) is 4.02. The number of benzene rings is 1. The van der Waals surface area contributed by atoms with Crippen LogP contribution in [-0.2, 0) is 0 Å². The first-order chi connectivity index (χ1) is 8.54. The highest BCUT2D eigenvalue weighted by atomic mass is 16.4. The maximum atomic E-state index is 11.0. The van der Waals surface area contributed by atoms with Gasteiger partial charge in [0.15, 0.2) is 0 Å². The third kappa shape index (κ3) is 2.13. The lowest BCUT2D eigenvalue weighted by atomic mass is 10.0. The molecule has 1 heterocycles. The van der Waals surface area contributed by atoms with Crippen molar-refractivity contribution in [2.24, 2.45) is 5.73 Å². The van der Waals surface area contributed by atoms with Crippen LogP contribution in [0, 0.1) is 0 Å². The van der Waals surface area contributed by atoms with Crippen molar-refractivity contribution >= 4 is 17.3 Å². The van der Waals surface area contributed by atoms with Crippen LogP contribution in [0.4, 0.5) is 11.4 Å². The Morgan fingerprint density at radius 2 is 2.17 bits per heavy atom. The van der Waals surface area contributed by atoms with Crippen LogP contribution in [-0.4, -0.2) is 44.3 Å². The van der Waals surface area contributed by atoms with Crippen molar-refractivity contribution in [1.82, 2.24) is 0 Å². The van der Waals surface area contributed by atoms with Crippen molar-refractivity contribution in [3.8, 4) is 0 Å². The summed E-state index contributed by atoms with van der Waals surface area (Å²) < 4.78 is 0. The molecule has 0 spiro atoms. The Kier molecular flexibility index (Phi) is 3.43. The van der Waals surface area contributed by atoms with Crippen LogP contribution in [0.1, 0.15) is 16.8 Å². The van der Waals surface area contributed by atoms with Crippen LogP contribution < -0.4 is 15.5 Å². The minimum absolute atomic E-state index is 0.322. The van der Waals surface area contributed by atoms with E-state index in [9.17, 15) is 4.79 Å². The number of hydrogen-bond acceptors (Lipinski definition) is 4. The summed E-state index contributed by atoms with van der Waals surface area (Å²) in [5.41, 5.74) is 7.97. The molecule has 98 valence electrons. The normalized spacial score (nSPS) is 18.7. The van der Waals surface area contributed by atoms with Gasteiger partial charge in [-0.05, 0) is 31.2 Å². The maximum absolute atomic E-state index is 11.0. The highest BCUT2D eigenvalue weighted by molar-refractivity contribution is 5.91. The maximum Gasteiger partial charge on any atom is 0.335 e. The highest BCUT2D eigenvalue weighted by Gasteiger charge is 2.26. The van der Waals surface area contributed by atoms with E-state index in [0.29, 0.717) is 18.2 Å². The molecule has 0 saturated heterocycles. The molecule has 1 aromatic carbocycles. The van der Waals surface area contributed by atoms with Crippen LogP contribution in [0.3, 0.4) is 0 Å². The molecule has 0 aliphatic carbocycles. The van der Waals surface area contributed by atoms with E-state index in [1.807, 2.05) is 20.2 Å². The molecule has 0 saturated carbocycles.